The Morgan fingerprint density at radius 2 is 1.73 bits per heavy atom. The summed E-state index contributed by atoms with van der Waals surface area (Å²) < 4.78 is 34.9. The Hall–Kier alpha value is -3.02. The quantitative estimate of drug-likeness (QED) is 0.252. The van der Waals surface area contributed by atoms with E-state index < -0.39 is 10.0 Å². The molecule has 0 spiro atoms. The molecular formula is C30H35ClN4O4S2. The predicted molar refractivity (Wildman–Crippen MR) is 167 cm³/mol. The van der Waals surface area contributed by atoms with Crippen LogP contribution in [0, 0.1) is 6.92 Å². The molecule has 0 aliphatic carbocycles. The number of hydrogen-bond donors (Lipinski definition) is 0. The molecule has 8 nitrogen and oxygen atoms in total. The highest BCUT2D eigenvalue weighted by Crippen LogP contribution is 2.37. The van der Waals surface area contributed by atoms with Crippen molar-refractivity contribution in [1.82, 2.24) is 14.2 Å². The molecule has 0 fully saturated rings. The molecule has 1 amide bonds. The maximum absolute atomic E-state index is 13.8. The maximum atomic E-state index is 13.8. The summed E-state index contributed by atoms with van der Waals surface area (Å²) in [4.78, 5) is 22.6. The number of benzene rings is 3. The van der Waals surface area contributed by atoms with E-state index in [4.69, 9.17) is 9.72 Å². The van der Waals surface area contributed by atoms with Crippen LogP contribution in [0.3, 0.4) is 0 Å². The highest BCUT2D eigenvalue weighted by atomic mass is 35.5. The maximum Gasteiger partial charge on any atom is 0.260 e. The average molecular weight is 615 g/mol. The summed E-state index contributed by atoms with van der Waals surface area (Å²) in [5.41, 5.74) is 4.43. The van der Waals surface area contributed by atoms with Crippen LogP contribution in [0.1, 0.15) is 33.5 Å². The minimum absolute atomic E-state index is 0. The second-order valence-corrected chi connectivity index (χ2v) is 13.2. The summed E-state index contributed by atoms with van der Waals surface area (Å²) >= 11 is 1.46. The Kier molecular flexibility index (Phi) is 9.71. The molecule has 5 rings (SSSR count). The molecule has 1 aliphatic rings. The topological polar surface area (TPSA) is 83.0 Å². The Morgan fingerprint density at radius 1 is 1.02 bits per heavy atom. The van der Waals surface area contributed by atoms with Crippen LogP contribution in [0.15, 0.2) is 65.6 Å². The molecule has 1 aliphatic heterocycles. The van der Waals surface area contributed by atoms with Gasteiger partial charge in [-0.15, -0.1) is 12.4 Å². The summed E-state index contributed by atoms with van der Waals surface area (Å²) in [6.45, 7) is 4.08. The van der Waals surface area contributed by atoms with Gasteiger partial charge in [0.25, 0.3) is 5.91 Å². The van der Waals surface area contributed by atoms with Gasteiger partial charge in [-0.3, -0.25) is 9.69 Å². The monoisotopic (exact) mass is 614 g/mol. The first kappa shape index (κ1) is 30.9. The number of methoxy groups -OCH3 is 1. The number of nitrogens with zero attached hydrogens (tertiary/aromatic N) is 4. The second-order valence-electron chi connectivity index (χ2n) is 10.3. The number of carbonyl (C=O) groups is 1. The number of hydrogen-bond acceptors (Lipinski definition) is 7. The Labute approximate surface area is 252 Å². The van der Waals surface area contributed by atoms with Crippen molar-refractivity contribution >= 4 is 55.0 Å². The fourth-order valence-corrected chi connectivity index (χ4v) is 7.45. The van der Waals surface area contributed by atoms with Gasteiger partial charge in [-0.25, -0.2) is 13.4 Å². The van der Waals surface area contributed by atoms with Gasteiger partial charge >= 0.3 is 0 Å². The smallest absolute Gasteiger partial charge is 0.260 e. The van der Waals surface area contributed by atoms with E-state index in [2.05, 4.69) is 4.90 Å². The average Bonchev–Trinajstić information content (AvgIpc) is 3.41. The van der Waals surface area contributed by atoms with Gasteiger partial charge < -0.3 is 9.64 Å². The van der Waals surface area contributed by atoms with Crippen molar-refractivity contribution in [1.29, 1.82) is 0 Å². The van der Waals surface area contributed by atoms with E-state index in [1.807, 2.05) is 57.4 Å². The van der Waals surface area contributed by atoms with Gasteiger partial charge in [0.2, 0.25) is 10.0 Å². The highest BCUT2D eigenvalue weighted by molar-refractivity contribution is 7.89. The number of carbonyl (C=O) groups excluding carboxylic acids is 1. The molecule has 3 aromatic carbocycles. The van der Waals surface area contributed by atoms with Crippen LogP contribution in [-0.4, -0.2) is 69.4 Å². The highest BCUT2D eigenvalue weighted by Gasteiger charge is 2.29. The minimum atomic E-state index is -3.69. The van der Waals surface area contributed by atoms with Crippen molar-refractivity contribution in [3.63, 3.8) is 0 Å². The molecule has 2 heterocycles. The zero-order valence-corrected chi connectivity index (χ0v) is 26.1. The predicted octanol–water partition coefficient (Wildman–Crippen LogP) is 5.38. The molecule has 0 bridgehead atoms. The number of amides is 1. The first-order valence-corrected chi connectivity index (χ1v) is 15.5. The fraction of sp³-hybridized carbons (Fsp3) is 0.333. The van der Waals surface area contributed by atoms with Crippen molar-refractivity contribution in [2.45, 2.75) is 31.2 Å². The van der Waals surface area contributed by atoms with Crippen molar-refractivity contribution in [3.8, 4) is 5.75 Å². The fourth-order valence-electron chi connectivity index (χ4n) is 4.96. The van der Waals surface area contributed by atoms with E-state index >= 15 is 0 Å². The number of aromatic nitrogens is 1. The molecule has 0 unspecified atom stereocenters. The molecular weight excluding hydrogens is 580 g/mol. The van der Waals surface area contributed by atoms with Gasteiger partial charge in [-0.05, 0) is 87.4 Å². The molecule has 218 valence electrons. The third kappa shape index (κ3) is 6.42. The van der Waals surface area contributed by atoms with Gasteiger partial charge in [0.15, 0.2) is 5.13 Å². The van der Waals surface area contributed by atoms with Gasteiger partial charge in [-0.1, -0.05) is 41.7 Å². The lowest BCUT2D eigenvalue weighted by molar-refractivity contribution is 0.0986. The number of rotatable bonds is 9. The van der Waals surface area contributed by atoms with E-state index in [1.165, 1.54) is 33.3 Å². The zero-order chi connectivity index (χ0) is 28.4. The Balaban J connectivity index is 0.00000387. The lowest BCUT2D eigenvalue weighted by Gasteiger charge is -2.28. The van der Waals surface area contributed by atoms with Crippen LogP contribution in [0.4, 0.5) is 5.13 Å². The number of fused-ring (bicyclic) bond motifs is 2. The third-order valence-corrected chi connectivity index (χ3v) is 10.3. The minimum Gasteiger partial charge on any atom is -0.494 e. The molecule has 4 aromatic rings. The van der Waals surface area contributed by atoms with Crippen molar-refractivity contribution in [3.05, 3.63) is 82.9 Å². The second kappa shape index (κ2) is 12.9. The standard InChI is InChI=1S/C30H34N4O4S2.ClH/c1-21-10-15-26(38-4)27-28(21)39-30(31-27)34(18-7-17-32(2)3)29(35)23-11-13-25(14-12-23)40(36,37)33-19-16-22-8-5-6-9-24(22)20-33;/h5-6,8-15H,7,16-20H2,1-4H3;1H. The van der Waals surface area contributed by atoms with Crippen molar-refractivity contribution in [2.24, 2.45) is 0 Å². The number of anilines is 1. The van der Waals surface area contributed by atoms with E-state index in [0.29, 0.717) is 42.5 Å². The van der Waals surface area contributed by atoms with Crippen LogP contribution >= 0.6 is 23.7 Å². The first-order chi connectivity index (χ1) is 19.2. The normalized spacial score (nSPS) is 13.6. The summed E-state index contributed by atoms with van der Waals surface area (Å²) in [6.07, 6.45) is 1.44. The van der Waals surface area contributed by atoms with Crippen LogP contribution < -0.4 is 9.64 Å². The van der Waals surface area contributed by atoms with Gasteiger partial charge in [0.05, 0.1) is 16.7 Å². The van der Waals surface area contributed by atoms with E-state index in [-0.39, 0.29) is 23.2 Å². The first-order valence-electron chi connectivity index (χ1n) is 13.3. The molecule has 41 heavy (non-hydrogen) atoms. The van der Waals surface area contributed by atoms with Crippen LogP contribution in [0.25, 0.3) is 10.2 Å². The summed E-state index contributed by atoms with van der Waals surface area (Å²) in [5, 5.41) is 0.593. The summed E-state index contributed by atoms with van der Waals surface area (Å²) in [5.74, 6) is 0.448. The Bertz CT molecular complexity index is 1640. The summed E-state index contributed by atoms with van der Waals surface area (Å²) in [6, 6.07) is 18.1. The lowest BCUT2D eigenvalue weighted by atomic mass is 10.0. The molecule has 0 saturated heterocycles. The van der Waals surface area contributed by atoms with Gasteiger partial charge in [-0.2, -0.15) is 4.31 Å². The number of aryl methyl sites for hydroxylation is 1. The molecule has 0 radical (unpaired) electrons. The lowest BCUT2D eigenvalue weighted by Crippen LogP contribution is -2.36. The Morgan fingerprint density at radius 3 is 2.41 bits per heavy atom. The molecule has 11 heteroatoms. The van der Waals surface area contributed by atoms with E-state index in [9.17, 15) is 13.2 Å². The van der Waals surface area contributed by atoms with Gasteiger partial charge in [0.1, 0.15) is 11.3 Å². The largest absolute Gasteiger partial charge is 0.494 e. The molecule has 0 atom stereocenters. The zero-order valence-electron chi connectivity index (χ0n) is 23.7. The SMILES string of the molecule is COc1ccc(C)c2sc(N(CCCN(C)C)C(=O)c3ccc(S(=O)(=O)N4CCc5ccccc5C4)cc3)nc12.Cl. The number of halogens is 1. The van der Waals surface area contributed by atoms with Crippen LogP contribution in [-0.2, 0) is 23.0 Å². The number of sulfonamides is 1. The third-order valence-electron chi connectivity index (χ3n) is 7.21. The van der Waals surface area contributed by atoms with E-state index in [1.54, 1.807) is 24.1 Å². The number of thiazole rings is 1. The molecule has 1 aromatic heterocycles. The van der Waals surface area contributed by atoms with Crippen LogP contribution in [0.5, 0.6) is 5.75 Å². The van der Waals surface area contributed by atoms with Crippen LogP contribution in [0.2, 0.25) is 0 Å². The summed E-state index contributed by atoms with van der Waals surface area (Å²) in [7, 11) is 1.91. The van der Waals surface area contributed by atoms with Crippen molar-refractivity contribution < 1.29 is 17.9 Å². The van der Waals surface area contributed by atoms with Gasteiger partial charge in [0, 0.05) is 25.2 Å². The molecule has 0 saturated carbocycles. The van der Waals surface area contributed by atoms with E-state index in [0.717, 1.165) is 34.3 Å². The van der Waals surface area contributed by atoms with Crippen molar-refractivity contribution in [2.75, 3.05) is 45.7 Å². The molecule has 0 N–H and O–H groups in total. The number of ether oxygens (including phenoxy) is 1.